The fourth-order valence-electron chi connectivity index (χ4n) is 3.40. The molecule has 0 N–H and O–H groups in total. The number of nitrogens with zero attached hydrogens (tertiary/aromatic N) is 2. The van der Waals surface area contributed by atoms with Crippen molar-refractivity contribution < 1.29 is 14.3 Å². The molecule has 1 heterocycles. The number of aryl methyl sites for hydroxylation is 1. The molecule has 0 unspecified atom stereocenters. The molecular formula is C24H21ClN2O3S. The smallest absolute Gasteiger partial charge is 0.264 e. The highest BCUT2D eigenvalue weighted by Crippen LogP contribution is 2.37. The average Bonchev–Trinajstić information content (AvgIpc) is 3.24. The van der Waals surface area contributed by atoms with Crippen LogP contribution < -0.4 is 14.4 Å². The van der Waals surface area contributed by atoms with Crippen LogP contribution in [0, 0.1) is 6.92 Å². The van der Waals surface area contributed by atoms with Gasteiger partial charge in [0.05, 0.1) is 36.5 Å². The molecule has 5 nitrogen and oxygen atoms in total. The van der Waals surface area contributed by atoms with Gasteiger partial charge in [0.25, 0.3) is 5.91 Å². The highest BCUT2D eigenvalue weighted by Gasteiger charge is 2.26. The predicted octanol–water partition coefficient (Wildman–Crippen LogP) is 6.12. The third-order valence-electron chi connectivity index (χ3n) is 5.03. The number of benzene rings is 3. The number of amides is 1. The number of anilines is 1. The van der Waals surface area contributed by atoms with Gasteiger partial charge in [-0.3, -0.25) is 9.69 Å². The van der Waals surface area contributed by atoms with Gasteiger partial charge in [-0.2, -0.15) is 0 Å². The third-order valence-corrected chi connectivity index (χ3v) is 6.48. The van der Waals surface area contributed by atoms with Crippen molar-refractivity contribution in [1.29, 1.82) is 0 Å². The molecule has 0 aliphatic rings. The van der Waals surface area contributed by atoms with Crippen molar-refractivity contribution in [3.05, 3.63) is 82.4 Å². The van der Waals surface area contributed by atoms with Gasteiger partial charge in [0.15, 0.2) is 16.6 Å². The first-order valence-electron chi connectivity index (χ1n) is 9.66. The molecule has 0 aliphatic carbocycles. The number of methoxy groups -OCH3 is 2. The number of halogens is 1. The zero-order valence-corrected chi connectivity index (χ0v) is 19.0. The van der Waals surface area contributed by atoms with Crippen LogP contribution in [-0.2, 0) is 6.54 Å². The van der Waals surface area contributed by atoms with Crippen LogP contribution in [0.15, 0.2) is 60.7 Å². The Morgan fingerprint density at radius 3 is 2.52 bits per heavy atom. The maximum absolute atomic E-state index is 13.8. The van der Waals surface area contributed by atoms with Gasteiger partial charge < -0.3 is 9.47 Å². The Balaban J connectivity index is 1.84. The molecule has 0 spiro atoms. The van der Waals surface area contributed by atoms with Crippen molar-refractivity contribution >= 4 is 44.2 Å². The third kappa shape index (κ3) is 4.09. The fraction of sp³-hybridized carbons (Fsp3) is 0.167. The van der Waals surface area contributed by atoms with E-state index in [1.54, 1.807) is 30.2 Å². The van der Waals surface area contributed by atoms with Crippen LogP contribution in [-0.4, -0.2) is 25.1 Å². The number of thiazole rings is 1. The van der Waals surface area contributed by atoms with Gasteiger partial charge in [-0.05, 0) is 42.3 Å². The predicted molar refractivity (Wildman–Crippen MR) is 126 cm³/mol. The van der Waals surface area contributed by atoms with Gasteiger partial charge in [0.2, 0.25) is 0 Å². The summed E-state index contributed by atoms with van der Waals surface area (Å²) in [6.45, 7) is 2.30. The maximum Gasteiger partial charge on any atom is 0.264 e. The molecule has 7 heteroatoms. The molecule has 158 valence electrons. The summed E-state index contributed by atoms with van der Waals surface area (Å²) in [5.74, 6) is 0.677. The largest absolute Gasteiger partial charge is 0.493 e. The molecule has 0 radical (unpaired) electrons. The van der Waals surface area contributed by atoms with Gasteiger partial charge in [0.1, 0.15) is 0 Å². The van der Waals surface area contributed by atoms with E-state index in [9.17, 15) is 4.79 Å². The van der Waals surface area contributed by atoms with Crippen LogP contribution >= 0.6 is 22.9 Å². The lowest BCUT2D eigenvalue weighted by Gasteiger charge is -2.22. The standard InChI is InChI=1S/C24H21ClN2O3S/c1-15-18(25)12-13-20-21(15)26-24(31-20)27(14-16-8-5-4-6-9-16)23(28)17-10-7-11-19(29-2)22(17)30-3/h4-13H,14H2,1-3H3. The normalized spacial score (nSPS) is 10.8. The van der Waals surface area contributed by atoms with E-state index in [4.69, 9.17) is 26.1 Å². The number of hydrogen-bond acceptors (Lipinski definition) is 5. The number of para-hydroxylation sites is 1. The quantitative estimate of drug-likeness (QED) is 0.353. The van der Waals surface area contributed by atoms with Crippen LogP contribution in [0.4, 0.5) is 5.13 Å². The van der Waals surface area contributed by atoms with Crippen LogP contribution in [0.5, 0.6) is 11.5 Å². The van der Waals surface area contributed by atoms with Gasteiger partial charge in [0, 0.05) is 5.02 Å². The highest BCUT2D eigenvalue weighted by molar-refractivity contribution is 7.22. The topological polar surface area (TPSA) is 51.7 Å². The number of carbonyl (C=O) groups excluding carboxylic acids is 1. The lowest BCUT2D eigenvalue weighted by molar-refractivity contribution is 0.0981. The van der Waals surface area contributed by atoms with Crippen LogP contribution in [0.25, 0.3) is 10.2 Å². The molecule has 4 aromatic rings. The molecular weight excluding hydrogens is 432 g/mol. The molecule has 3 aromatic carbocycles. The monoisotopic (exact) mass is 452 g/mol. The summed E-state index contributed by atoms with van der Waals surface area (Å²) >= 11 is 7.75. The molecule has 0 aliphatic heterocycles. The Kier molecular flexibility index (Phi) is 6.11. The number of fused-ring (bicyclic) bond motifs is 1. The Bertz CT molecular complexity index is 1240. The van der Waals surface area contributed by atoms with E-state index < -0.39 is 0 Å². The van der Waals surface area contributed by atoms with E-state index >= 15 is 0 Å². The molecule has 31 heavy (non-hydrogen) atoms. The number of rotatable bonds is 6. The lowest BCUT2D eigenvalue weighted by atomic mass is 10.1. The first-order valence-corrected chi connectivity index (χ1v) is 10.9. The molecule has 0 saturated carbocycles. The van der Waals surface area contributed by atoms with Crippen molar-refractivity contribution in [3.63, 3.8) is 0 Å². The van der Waals surface area contributed by atoms with Crippen LogP contribution in [0.1, 0.15) is 21.5 Å². The first-order chi connectivity index (χ1) is 15.0. The SMILES string of the molecule is COc1cccc(C(=O)N(Cc2ccccc2)c2nc3c(C)c(Cl)ccc3s2)c1OC. The minimum Gasteiger partial charge on any atom is -0.493 e. The second kappa shape index (κ2) is 8.96. The molecule has 1 amide bonds. The number of aromatic nitrogens is 1. The summed E-state index contributed by atoms with van der Waals surface area (Å²) in [7, 11) is 3.08. The average molecular weight is 453 g/mol. The molecule has 0 saturated heterocycles. The Morgan fingerprint density at radius 2 is 1.81 bits per heavy atom. The first kappa shape index (κ1) is 21.2. The Morgan fingerprint density at radius 1 is 1.03 bits per heavy atom. The fourth-order valence-corrected chi connectivity index (χ4v) is 4.57. The van der Waals surface area contributed by atoms with E-state index in [0.717, 1.165) is 21.3 Å². The summed E-state index contributed by atoms with van der Waals surface area (Å²) in [5.41, 5.74) is 3.10. The summed E-state index contributed by atoms with van der Waals surface area (Å²) in [5, 5.41) is 1.25. The van der Waals surface area contributed by atoms with E-state index in [0.29, 0.717) is 33.8 Å². The van der Waals surface area contributed by atoms with Crippen molar-refractivity contribution in [2.45, 2.75) is 13.5 Å². The van der Waals surface area contributed by atoms with Crippen molar-refractivity contribution in [2.75, 3.05) is 19.1 Å². The van der Waals surface area contributed by atoms with E-state index in [1.807, 2.05) is 49.4 Å². The Labute approximate surface area is 189 Å². The number of carbonyl (C=O) groups is 1. The van der Waals surface area contributed by atoms with E-state index in [2.05, 4.69) is 0 Å². The van der Waals surface area contributed by atoms with Gasteiger partial charge in [-0.25, -0.2) is 4.98 Å². The molecule has 0 fully saturated rings. The summed E-state index contributed by atoms with van der Waals surface area (Å²) in [4.78, 5) is 20.2. The van der Waals surface area contributed by atoms with Crippen molar-refractivity contribution in [2.24, 2.45) is 0 Å². The zero-order chi connectivity index (χ0) is 22.0. The van der Waals surface area contributed by atoms with E-state index in [1.165, 1.54) is 18.4 Å². The van der Waals surface area contributed by atoms with E-state index in [-0.39, 0.29) is 5.91 Å². The lowest BCUT2D eigenvalue weighted by Crippen LogP contribution is -2.30. The summed E-state index contributed by atoms with van der Waals surface area (Å²) in [6.07, 6.45) is 0. The van der Waals surface area contributed by atoms with Gasteiger partial charge >= 0.3 is 0 Å². The minimum absolute atomic E-state index is 0.220. The summed E-state index contributed by atoms with van der Waals surface area (Å²) < 4.78 is 11.9. The Hall–Kier alpha value is -3.09. The van der Waals surface area contributed by atoms with Gasteiger partial charge in [-0.15, -0.1) is 0 Å². The molecule has 4 rings (SSSR count). The minimum atomic E-state index is -0.220. The molecule has 1 aromatic heterocycles. The maximum atomic E-state index is 13.8. The number of hydrogen-bond donors (Lipinski definition) is 0. The summed E-state index contributed by atoms with van der Waals surface area (Å²) in [6, 6.07) is 18.9. The van der Waals surface area contributed by atoms with Crippen LogP contribution in [0.3, 0.4) is 0 Å². The zero-order valence-electron chi connectivity index (χ0n) is 17.4. The molecule has 0 atom stereocenters. The van der Waals surface area contributed by atoms with Gasteiger partial charge in [-0.1, -0.05) is 59.3 Å². The van der Waals surface area contributed by atoms with Crippen LogP contribution in [0.2, 0.25) is 5.02 Å². The number of ether oxygens (including phenoxy) is 2. The second-order valence-corrected chi connectivity index (χ2v) is 8.35. The highest BCUT2D eigenvalue weighted by atomic mass is 35.5. The van der Waals surface area contributed by atoms with Crippen molar-refractivity contribution in [1.82, 2.24) is 4.98 Å². The van der Waals surface area contributed by atoms with Crippen molar-refractivity contribution in [3.8, 4) is 11.5 Å². The molecule has 0 bridgehead atoms. The second-order valence-electron chi connectivity index (χ2n) is 6.93.